The molecule has 192 valence electrons. The smallest absolute Gasteiger partial charge is 0.493 e. The summed E-state index contributed by atoms with van der Waals surface area (Å²) in [7, 11) is 3.14. The molecule has 3 rings (SSSR count). The van der Waals surface area contributed by atoms with Crippen molar-refractivity contribution in [1.82, 2.24) is 5.32 Å². The summed E-state index contributed by atoms with van der Waals surface area (Å²) in [6.07, 6.45) is -0.969. The summed E-state index contributed by atoms with van der Waals surface area (Å²) < 4.78 is 51.9. The van der Waals surface area contributed by atoms with Crippen LogP contribution in [0.3, 0.4) is 0 Å². The van der Waals surface area contributed by atoms with Crippen LogP contribution in [0.2, 0.25) is 0 Å². The van der Waals surface area contributed by atoms with E-state index in [1.165, 1.54) is 25.4 Å². The molecule has 0 radical (unpaired) electrons. The van der Waals surface area contributed by atoms with Gasteiger partial charge in [0.05, 0.1) is 19.3 Å². The molecule has 10 heteroatoms. The number of methoxy groups -OCH3 is 1. The van der Waals surface area contributed by atoms with E-state index in [1.807, 2.05) is 30.1 Å². The fourth-order valence-corrected chi connectivity index (χ4v) is 3.85. The predicted molar refractivity (Wildman–Crippen MR) is 132 cm³/mol. The summed E-state index contributed by atoms with van der Waals surface area (Å²) in [6, 6.07) is 11.5. The third-order valence-corrected chi connectivity index (χ3v) is 5.78. The monoisotopic (exact) mass is 503 g/mol. The maximum absolute atomic E-state index is 12.4. The average Bonchev–Trinajstić information content (AvgIpc) is 2.86. The fraction of sp³-hybridized carbons (Fsp3) is 0.308. The van der Waals surface area contributed by atoms with E-state index in [4.69, 9.17) is 9.47 Å². The number of esters is 1. The number of rotatable bonds is 9. The minimum Gasteiger partial charge on any atom is -0.493 e. The highest BCUT2D eigenvalue weighted by molar-refractivity contribution is 5.92. The lowest BCUT2D eigenvalue weighted by molar-refractivity contribution is -0.274. The van der Waals surface area contributed by atoms with Crippen molar-refractivity contribution in [2.24, 2.45) is 4.99 Å². The second-order valence-corrected chi connectivity index (χ2v) is 8.07. The zero-order chi connectivity index (χ0) is 26.3. The Hall–Kier alpha value is -3.95. The largest absolute Gasteiger partial charge is 0.573 e. The van der Waals surface area contributed by atoms with Crippen LogP contribution in [0.5, 0.6) is 11.5 Å². The first-order valence-electron chi connectivity index (χ1n) is 11.1. The van der Waals surface area contributed by atoms with E-state index in [0.717, 1.165) is 23.4 Å². The van der Waals surface area contributed by atoms with Gasteiger partial charge in [0.25, 0.3) is 0 Å². The number of carbonyl (C=O) groups is 1. The van der Waals surface area contributed by atoms with Gasteiger partial charge in [-0.15, -0.1) is 13.2 Å². The molecule has 0 spiro atoms. The molecule has 1 N–H and O–H groups in total. The van der Waals surface area contributed by atoms with E-state index in [2.05, 4.69) is 21.8 Å². The molecule has 2 aromatic carbocycles. The molecular weight excluding hydrogens is 475 g/mol. The molecular formula is C26H28F3N3O4. The van der Waals surface area contributed by atoms with Gasteiger partial charge in [0.15, 0.2) is 0 Å². The topological polar surface area (TPSA) is 72.4 Å². The Labute approximate surface area is 207 Å². The number of hydrogen-bond donors (Lipinski definition) is 1. The summed E-state index contributed by atoms with van der Waals surface area (Å²) in [5, 5.41) is 3.31. The van der Waals surface area contributed by atoms with Crippen LogP contribution in [0.4, 0.5) is 24.5 Å². The fourth-order valence-electron chi connectivity index (χ4n) is 3.85. The molecule has 0 fully saturated rings. The SMILES string of the molecule is C=N/C=C\C(C(=O)OC)=C(/C)NC[C@@H]1CCOc2cc(N(C)c3ccc(OC(F)(F)F)cc3)ccc21. The van der Waals surface area contributed by atoms with Crippen LogP contribution in [-0.4, -0.2) is 46.4 Å². The van der Waals surface area contributed by atoms with Crippen LogP contribution >= 0.6 is 0 Å². The maximum atomic E-state index is 12.4. The zero-order valence-electron chi connectivity index (χ0n) is 20.3. The van der Waals surface area contributed by atoms with E-state index in [1.54, 1.807) is 25.1 Å². The number of benzene rings is 2. The number of aliphatic imine (C=N–C) groups is 1. The van der Waals surface area contributed by atoms with Gasteiger partial charge in [-0.3, -0.25) is 4.99 Å². The van der Waals surface area contributed by atoms with Gasteiger partial charge in [-0.05, 0) is 62.0 Å². The predicted octanol–water partition coefficient (Wildman–Crippen LogP) is 5.47. The number of hydrogen-bond acceptors (Lipinski definition) is 7. The highest BCUT2D eigenvalue weighted by Gasteiger charge is 2.31. The Bertz CT molecular complexity index is 1140. The van der Waals surface area contributed by atoms with Crippen molar-refractivity contribution in [3.05, 3.63) is 71.6 Å². The number of halogens is 3. The van der Waals surface area contributed by atoms with Gasteiger partial charge in [0.2, 0.25) is 0 Å². The number of nitrogens with one attached hydrogen (secondary N) is 1. The molecule has 1 aliphatic rings. The number of allylic oxidation sites excluding steroid dienone is 1. The summed E-state index contributed by atoms with van der Waals surface area (Å²) in [6.45, 7) is 6.28. The molecule has 1 aliphatic heterocycles. The molecule has 1 atom stereocenters. The average molecular weight is 504 g/mol. The first kappa shape index (κ1) is 26.7. The Morgan fingerprint density at radius 1 is 1.25 bits per heavy atom. The number of carbonyl (C=O) groups excluding carboxylic acids is 1. The number of nitrogens with zero attached hydrogens (tertiary/aromatic N) is 2. The van der Waals surface area contributed by atoms with Crippen molar-refractivity contribution in [3.8, 4) is 11.5 Å². The van der Waals surface area contributed by atoms with E-state index < -0.39 is 12.3 Å². The lowest BCUT2D eigenvalue weighted by Gasteiger charge is -2.29. The van der Waals surface area contributed by atoms with E-state index >= 15 is 0 Å². The number of fused-ring (bicyclic) bond motifs is 1. The molecule has 0 bridgehead atoms. The van der Waals surface area contributed by atoms with E-state index in [0.29, 0.717) is 30.1 Å². The van der Waals surface area contributed by atoms with Crippen molar-refractivity contribution >= 4 is 24.1 Å². The third-order valence-electron chi connectivity index (χ3n) is 5.78. The zero-order valence-corrected chi connectivity index (χ0v) is 20.3. The van der Waals surface area contributed by atoms with Gasteiger partial charge < -0.3 is 24.4 Å². The van der Waals surface area contributed by atoms with Gasteiger partial charge >= 0.3 is 12.3 Å². The Morgan fingerprint density at radius 2 is 1.94 bits per heavy atom. The van der Waals surface area contributed by atoms with Gasteiger partial charge in [0.1, 0.15) is 11.5 Å². The summed E-state index contributed by atoms with van der Waals surface area (Å²) in [4.78, 5) is 17.6. The van der Waals surface area contributed by atoms with Crippen LogP contribution in [0.1, 0.15) is 24.8 Å². The molecule has 0 amide bonds. The molecule has 0 saturated heterocycles. The Morgan fingerprint density at radius 3 is 2.58 bits per heavy atom. The van der Waals surface area contributed by atoms with Crippen molar-refractivity contribution in [2.45, 2.75) is 25.6 Å². The summed E-state index contributed by atoms with van der Waals surface area (Å²) >= 11 is 0. The van der Waals surface area contributed by atoms with Crippen LogP contribution in [0.25, 0.3) is 0 Å². The van der Waals surface area contributed by atoms with Gasteiger partial charge in [-0.1, -0.05) is 6.07 Å². The van der Waals surface area contributed by atoms with Crippen molar-refractivity contribution in [3.63, 3.8) is 0 Å². The number of anilines is 2. The normalized spacial score (nSPS) is 15.9. The summed E-state index contributed by atoms with van der Waals surface area (Å²) in [5.74, 6) is 0.125. The highest BCUT2D eigenvalue weighted by Crippen LogP contribution is 2.38. The van der Waals surface area contributed by atoms with Crippen LogP contribution in [-0.2, 0) is 9.53 Å². The molecule has 36 heavy (non-hydrogen) atoms. The van der Waals surface area contributed by atoms with Crippen molar-refractivity contribution < 1.29 is 32.2 Å². The van der Waals surface area contributed by atoms with Gasteiger partial charge in [0, 0.05) is 48.8 Å². The number of alkyl halides is 3. The van der Waals surface area contributed by atoms with E-state index in [-0.39, 0.29) is 11.7 Å². The maximum Gasteiger partial charge on any atom is 0.573 e. The van der Waals surface area contributed by atoms with Crippen LogP contribution in [0.15, 0.2) is 71.0 Å². The molecule has 0 unspecified atom stereocenters. The van der Waals surface area contributed by atoms with Crippen molar-refractivity contribution in [2.75, 3.05) is 32.2 Å². The molecule has 0 saturated carbocycles. The Balaban J connectivity index is 1.74. The van der Waals surface area contributed by atoms with Gasteiger partial charge in [-0.25, -0.2) is 4.79 Å². The molecule has 1 heterocycles. The van der Waals surface area contributed by atoms with Crippen molar-refractivity contribution in [1.29, 1.82) is 0 Å². The highest BCUT2D eigenvalue weighted by atomic mass is 19.4. The second-order valence-electron chi connectivity index (χ2n) is 8.07. The Kier molecular flexibility index (Phi) is 8.63. The molecule has 0 aromatic heterocycles. The summed E-state index contributed by atoms with van der Waals surface area (Å²) in [5.41, 5.74) is 3.55. The first-order valence-corrected chi connectivity index (χ1v) is 11.1. The quantitative estimate of drug-likeness (QED) is 0.212. The standard InChI is InChI=1S/C26H28F3N3O4/c1-17(22(11-13-30-2)25(33)34-4)31-16-18-12-14-35-24-15-20(7-10-23(18)24)32(3)19-5-8-21(9-6-19)36-26(27,28)29/h5-11,13,15,18,31H,2,12,14,16H2,1,3-4H3/b13-11-,22-17-/t18-/m0/s1. The molecule has 7 nitrogen and oxygen atoms in total. The molecule has 0 aliphatic carbocycles. The lowest BCUT2D eigenvalue weighted by Crippen LogP contribution is -2.26. The van der Waals surface area contributed by atoms with Crippen LogP contribution < -0.4 is 19.7 Å². The first-order chi connectivity index (χ1) is 17.1. The number of ether oxygens (including phenoxy) is 3. The lowest BCUT2D eigenvalue weighted by atomic mass is 9.92. The molecule has 2 aromatic rings. The van der Waals surface area contributed by atoms with Gasteiger partial charge in [-0.2, -0.15) is 0 Å². The van der Waals surface area contributed by atoms with E-state index in [9.17, 15) is 18.0 Å². The second kappa shape index (κ2) is 11.7. The third kappa shape index (κ3) is 6.80. The minimum absolute atomic E-state index is 0.141. The minimum atomic E-state index is -4.73. The van der Waals surface area contributed by atoms with Crippen LogP contribution in [0, 0.1) is 0 Å².